The van der Waals surface area contributed by atoms with Crippen molar-refractivity contribution in [3.63, 3.8) is 0 Å². The number of benzene rings is 1. The molecule has 3 rings (SSSR count). The predicted molar refractivity (Wildman–Crippen MR) is 97.5 cm³/mol. The largest absolute Gasteiger partial charge is 0.490 e. The number of piperidine rings is 1. The highest BCUT2D eigenvalue weighted by atomic mass is 35.5. The summed E-state index contributed by atoms with van der Waals surface area (Å²) < 4.78 is 6.34. The summed E-state index contributed by atoms with van der Waals surface area (Å²) in [6.45, 7) is 2.26. The molecular formula is C20H30ClNO. The van der Waals surface area contributed by atoms with Gasteiger partial charge in [0.25, 0.3) is 0 Å². The molecule has 1 saturated carbocycles. The van der Waals surface area contributed by atoms with E-state index in [0.29, 0.717) is 12.0 Å². The van der Waals surface area contributed by atoms with Crippen LogP contribution in [0.1, 0.15) is 50.5 Å². The van der Waals surface area contributed by atoms with Gasteiger partial charge in [0.1, 0.15) is 11.9 Å². The monoisotopic (exact) mass is 335 g/mol. The molecule has 0 spiro atoms. The molecule has 1 atom stereocenters. The molecule has 2 aliphatic rings. The second-order valence-electron chi connectivity index (χ2n) is 7.35. The van der Waals surface area contributed by atoms with E-state index in [1.807, 2.05) is 0 Å². The quantitative estimate of drug-likeness (QED) is 0.710. The first-order valence-electron chi connectivity index (χ1n) is 9.29. The Hall–Kier alpha value is -0.730. The lowest BCUT2D eigenvalue weighted by molar-refractivity contribution is 0.113. The average Bonchev–Trinajstić information content (AvgIpc) is 2.59. The zero-order chi connectivity index (χ0) is 16.1. The Morgan fingerprint density at radius 1 is 1.09 bits per heavy atom. The van der Waals surface area contributed by atoms with E-state index < -0.39 is 0 Å². The van der Waals surface area contributed by atoms with Crippen molar-refractivity contribution in [2.45, 2.75) is 62.8 Å². The third kappa shape index (κ3) is 4.87. The van der Waals surface area contributed by atoms with Crippen LogP contribution < -0.4 is 4.74 Å². The van der Waals surface area contributed by atoms with E-state index in [2.05, 4.69) is 36.2 Å². The second kappa shape index (κ2) is 8.39. The molecule has 1 heterocycles. The number of hydrogen-bond donors (Lipinski definition) is 0. The van der Waals surface area contributed by atoms with Crippen molar-refractivity contribution in [2.75, 3.05) is 20.1 Å². The van der Waals surface area contributed by atoms with Gasteiger partial charge in [-0.25, -0.2) is 0 Å². The normalized spacial score (nSPS) is 22.9. The molecule has 1 aliphatic heterocycles. The van der Waals surface area contributed by atoms with Crippen LogP contribution in [0.3, 0.4) is 0 Å². The first kappa shape index (κ1) is 17.1. The molecular weight excluding hydrogens is 306 g/mol. The molecule has 2 nitrogen and oxygen atoms in total. The fourth-order valence-electron chi connectivity index (χ4n) is 3.94. The van der Waals surface area contributed by atoms with Gasteiger partial charge >= 0.3 is 0 Å². The van der Waals surface area contributed by atoms with Crippen LogP contribution >= 0.6 is 11.6 Å². The molecule has 0 N–H and O–H groups in total. The Labute approximate surface area is 146 Å². The van der Waals surface area contributed by atoms with E-state index >= 15 is 0 Å². The van der Waals surface area contributed by atoms with Crippen LogP contribution in [0.5, 0.6) is 5.75 Å². The molecule has 0 radical (unpaired) electrons. The van der Waals surface area contributed by atoms with Gasteiger partial charge in [0.2, 0.25) is 0 Å². The highest BCUT2D eigenvalue weighted by Gasteiger charge is 2.24. The summed E-state index contributed by atoms with van der Waals surface area (Å²) in [5.74, 6) is 1.74. The van der Waals surface area contributed by atoms with Crippen LogP contribution in [0.2, 0.25) is 0 Å². The lowest BCUT2D eigenvalue weighted by atomic mass is 9.84. The van der Waals surface area contributed by atoms with Crippen LogP contribution in [-0.2, 0) is 6.42 Å². The summed E-state index contributed by atoms with van der Waals surface area (Å²) in [5, 5.41) is 0.248. The van der Waals surface area contributed by atoms with Gasteiger partial charge in [-0.05, 0) is 56.7 Å². The molecule has 1 aromatic rings. The van der Waals surface area contributed by atoms with Crippen molar-refractivity contribution in [1.29, 1.82) is 0 Å². The molecule has 2 fully saturated rings. The van der Waals surface area contributed by atoms with Crippen molar-refractivity contribution in [1.82, 2.24) is 4.90 Å². The van der Waals surface area contributed by atoms with Gasteiger partial charge < -0.3 is 9.64 Å². The zero-order valence-corrected chi connectivity index (χ0v) is 15.1. The molecule has 0 bridgehead atoms. The number of likely N-dealkylation sites (tertiary alicyclic amines) is 1. The number of rotatable bonds is 5. The molecule has 23 heavy (non-hydrogen) atoms. The van der Waals surface area contributed by atoms with E-state index in [-0.39, 0.29) is 5.38 Å². The van der Waals surface area contributed by atoms with Gasteiger partial charge in [0.05, 0.1) is 0 Å². The molecule has 128 valence electrons. The Kier molecular flexibility index (Phi) is 6.24. The number of alkyl halides is 1. The van der Waals surface area contributed by atoms with Crippen molar-refractivity contribution < 1.29 is 4.74 Å². The van der Waals surface area contributed by atoms with Gasteiger partial charge in [0, 0.05) is 18.5 Å². The van der Waals surface area contributed by atoms with Crippen molar-refractivity contribution in [3.8, 4) is 5.75 Å². The SMILES string of the molecule is CN1CCC(Oc2ccccc2CC(Cl)C2CCCCC2)CC1. The standard InChI is InChI=1S/C20H30ClNO/c1-22-13-11-18(12-14-22)23-20-10-6-5-9-17(20)15-19(21)16-7-3-2-4-8-16/h5-6,9-10,16,18-19H,2-4,7-8,11-15H2,1H3. The maximum Gasteiger partial charge on any atom is 0.122 e. The first-order chi connectivity index (χ1) is 11.2. The Bertz CT molecular complexity index is 478. The summed E-state index contributed by atoms with van der Waals surface area (Å²) in [6, 6.07) is 8.51. The lowest BCUT2D eigenvalue weighted by Gasteiger charge is -2.30. The van der Waals surface area contributed by atoms with E-state index in [4.69, 9.17) is 16.3 Å². The van der Waals surface area contributed by atoms with E-state index in [1.165, 1.54) is 37.7 Å². The minimum absolute atomic E-state index is 0.248. The van der Waals surface area contributed by atoms with Crippen molar-refractivity contribution in [3.05, 3.63) is 29.8 Å². The zero-order valence-electron chi connectivity index (χ0n) is 14.3. The van der Waals surface area contributed by atoms with Crippen LogP contribution in [-0.4, -0.2) is 36.5 Å². The summed E-state index contributed by atoms with van der Waals surface area (Å²) >= 11 is 6.77. The van der Waals surface area contributed by atoms with Gasteiger partial charge in [0.15, 0.2) is 0 Å². The number of hydrogen-bond acceptors (Lipinski definition) is 2. The number of ether oxygens (including phenoxy) is 1. The average molecular weight is 336 g/mol. The maximum atomic E-state index is 6.77. The summed E-state index contributed by atoms with van der Waals surface area (Å²) in [5.41, 5.74) is 1.29. The number of halogens is 1. The number of nitrogens with zero attached hydrogens (tertiary/aromatic N) is 1. The Balaban J connectivity index is 1.60. The third-order valence-electron chi connectivity index (χ3n) is 5.51. The molecule has 1 unspecified atom stereocenters. The van der Waals surface area contributed by atoms with E-state index in [1.54, 1.807) is 0 Å². The third-order valence-corrected chi connectivity index (χ3v) is 6.02. The molecule has 1 aliphatic carbocycles. The first-order valence-corrected chi connectivity index (χ1v) is 9.73. The topological polar surface area (TPSA) is 12.5 Å². The van der Waals surface area contributed by atoms with E-state index in [0.717, 1.165) is 38.1 Å². The van der Waals surface area contributed by atoms with Crippen LogP contribution in [0, 0.1) is 5.92 Å². The van der Waals surface area contributed by atoms with Crippen molar-refractivity contribution in [2.24, 2.45) is 5.92 Å². The Morgan fingerprint density at radius 2 is 1.78 bits per heavy atom. The van der Waals surface area contributed by atoms with Gasteiger partial charge in [-0.15, -0.1) is 11.6 Å². The number of para-hydroxylation sites is 1. The summed E-state index contributed by atoms with van der Waals surface area (Å²) in [7, 11) is 2.19. The van der Waals surface area contributed by atoms with Crippen molar-refractivity contribution >= 4 is 11.6 Å². The van der Waals surface area contributed by atoms with Crippen LogP contribution in [0.4, 0.5) is 0 Å². The predicted octanol–water partition coefficient (Wildman–Crippen LogP) is 4.89. The maximum absolute atomic E-state index is 6.77. The Morgan fingerprint density at radius 3 is 2.52 bits per heavy atom. The smallest absolute Gasteiger partial charge is 0.122 e. The lowest BCUT2D eigenvalue weighted by Crippen LogP contribution is -2.35. The fraction of sp³-hybridized carbons (Fsp3) is 0.700. The van der Waals surface area contributed by atoms with Crippen LogP contribution in [0.15, 0.2) is 24.3 Å². The second-order valence-corrected chi connectivity index (χ2v) is 7.91. The molecule has 1 saturated heterocycles. The van der Waals surface area contributed by atoms with E-state index in [9.17, 15) is 0 Å². The molecule has 0 amide bonds. The molecule has 1 aromatic carbocycles. The van der Waals surface area contributed by atoms with Gasteiger partial charge in [-0.2, -0.15) is 0 Å². The highest BCUT2D eigenvalue weighted by molar-refractivity contribution is 6.20. The van der Waals surface area contributed by atoms with Crippen LogP contribution in [0.25, 0.3) is 0 Å². The fourth-order valence-corrected chi connectivity index (χ4v) is 4.36. The molecule has 0 aromatic heterocycles. The van der Waals surface area contributed by atoms with Gasteiger partial charge in [-0.1, -0.05) is 37.5 Å². The summed E-state index contributed by atoms with van der Waals surface area (Å²) in [4.78, 5) is 2.38. The molecule has 3 heteroatoms. The highest BCUT2D eigenvalue weighted by Crippen LogP contribution is 2.33. The summed E-state index contributed by atoms with van der Waals surface area (Å²) in [6.07, 6.45) is 10.2. The minimum Gasteiger partial charge on any atom is -0.490 e. The van der Waals surface area contributed by atoms with Gasteiger partial charge in [-0.3, -0.25) is 0 Å². The minimum atomic E-state index is 0.248.